The molecule has 2 rings (SSSR count). The lowest BCUT2D eigenvalue weighted by Crippen LogP contribution is -2.13. The summed E-state index contributed by atoms with van der Waals surface area (Å²) in [4.78, 5) is 15.7. The molecule has 6 nitrogen and oxygen atoms in total. The summed E-state index contributed by atoms with van der Waals surface area (Å²) in [6, 6.07) is 0. The summed E-state index contributed by atoms with van der Waals surface area (Å²) in [5, 5.41) is 8.12. The number of nitrogens with one attached hydrogen (secondary N) is 1. The fraction of sp³-hybridized carbons (Fsp3) is 0.417. The second kappa shape index (κ2) is 6.33. The Morgan fingerprint density at radius 2 is 2.42 bits per heavy atom. The third-order valence-electron chi connectivity index (χ3n) is 2.43. The average Bonchev–Trinajstić information content (AvgIpc) is 2.99. The largest absolute Gasteiger partial charge is 0.461 e. The highest BCUT2D eigenvalue weighted by molar-refractivity contribution is 7.14. The van der Waals surface area contributed by atoms with Crippen LogP contribution < -0.4 is 5.32 Å². The van der Waals surface area contributed by atoms with Crippen LogP contribution in [0.1, 0.15) is 23.0 Å². The Morgan fingerprint density at radius 3 is 3.11 bits per heavy atom. The number of carbonyl (C=O) groups excluding carboxylic acids is 1. The quantitative estimate of drug-likeness (QED) is 0.819. The highest BCUT2D eigenvalue weighted by Gasteiger charge is 2.15. The fourth-order valence-corrected chi connectivity index (χ4v) is 2.29. The highest BCUT2D eigenvalue weighted by Crippen LogP contribution is 2.20. The van der Waals surface area contributed by atoms with Gasteiger partial charge in [0.1, 0.15) is 5.00 Å². The molecule has 0 aliphatic carbocycles. The van der Waals surface area contributed by atoms with E-state index in [0.29, 0.717) is 18.8 Å². The van der Waals surface area contributed by atoms with Crippen LogP contribution in [-0.2, 0) is 11.3 Å². The van der Waals surface area contributed by atoms with Gasteiger partial charge in [0, 0.05) is 12.7 Å². The monoisotopic (exact) mass is 280 g/mol. The Morgan fingerprint density at radius 1 is 1.58 bits per heavy atom. The molecule has 0 aromatic carbocycles. The summed E-state index contributed by atoms with van der Waals surface area (Å²) in [7, 11) is 0. The molecule has 0 spiro atoms. The maximum Gasteiger partial charge on any atom is 0.360 e. The number of hydrogen-bond acceptors (Lipinski definition) is 6. The third-order valence-corrected chi connectivity index (χ3v) is 3.21. The molecule has 0 radical (unpaired) electrons. The van der Waals surface area contributed by atoms with Crippen LogP contribution >= 0.6 is 11.3 Å². The van der Waals surface area contributed by atoms with Crippen molar-refractivity contribution < 1.29 is 9.53 Å². The predicted octanol–water partition coefficient (Wildman–Crippen LogP) is 1.94. The van der Waals surface area contributed by atoms with E-state index in [-0.39, 0.29) is 5.97 Å². The number of carbonyl (C=O) groups is 1. The lowest BCUT2D eigenvalue weighted by atomic mass is 10.4. The van der Waals surface area contributed by atoms with Crippen molar-refractivity contribution in [2.45, 2.75) is 20.4 Å². The molecule has 0 aliphatic rings. The van der Waals surface area contributed by atoms with Crippen LogP contribution in [0.3, 0.4) is 0 Å². The van der Waals surface area contributed by atoms with E-state index in [1.165, 1.54) is 11.3 Å². The molecule has 7 heteroatoms. The number of rotatable bonds is 6. The number of esters is 1. The van der Waals surface area contributed by atoms with Gasteiger partial charge >= 0.3 is 5.97 Å². The Labute approximate surface area is 115 Å². The summed E-state index contributed by atoms with van der Waals surface area (Å²) < 4.78 is 6.80. The maximum atomic E-state index is 11.6. The number of anilines is 1. The number of hydrogen-bond donors (Lipinski definition) is 1. The topological polar surface area (TPSA) is 69.0 Å². The van der Waals surface area contributed by atoms with Crippen LogP contribution in [0.2, 0.25) is 0 Å². The van der Waals surface area contributed by atoms with Gasteiger partial charge in [-0.2, -0.15) is 5.10 Å². The summed E-state index contributed by atoms with van der Waals surface area (Å²) in [5.74, 6) is -0.388. The first-order chi connectivity index (χ1) is 9.20. The molecule has 0 bridgehead atoms. The van der Waals surface area contributed by atoms with Crippen molar-refractivity contribution in [2.75, 3.05) is 18.5 Å². The molecule has 2 aromatic rings. The Hall–Kier alpha value is -1.89. The SMILES string of the molecule is CCOC(=O)c1ncsc1NCCn1cc(C)cn1. The standard InChI is InChI=1S/C12H16N4O2S/c1-3-18-12(17)10-11(19-8-14-10)13-4-5-16-7-9(2)6-15-16/h6-8,13H,3-5H2,1-2H3. The van der Waals surface area contributed by atoms with Gasteiger partial charge in [-0.05, 0) is 19.4 Å². The molecule has 1 N–H and O–H groups in total. The molecular weight excluding hydrogens is 264 g/mol. The van der Waals surface area contributed by atoms with E-state index < -0.39 is 0 Å². The first-order valence-electron chi connectivity index (χ1n) is 6.04. The Bertz CT molecular complexity index is 549. The van der Waals surface area contributed by atoms with E-state index in [2.05, 4.69) is 15.4 Å². The molecule has 0 fully saturated rings. The molecule has 0 unspecified atom stereocenters. The third kappa shape index (κ3) is 3.54. The number of ether oxygens (including phenoxy) is 1. The smallest absolute Gasteiger partial charge is 0.360 e. The van der Waals surface area contributed by atoms with Gasteiger partial charge in [-0.1, -0.05) is 0 Å². The van der Waals surface area contributed by atoms with E-state index in [4.69, 9.17) is 4.74 Å². The van der Waals surface area contributed by atoms with E-state index >= 15 is 0 Å². The number of thiazole rings is 1. The molecular formula is C12H16N4O2S. The van der Waals surface area contributed by atoms with Crippen LogP contribution in [-0.4, -0.2) is 33.9 Å². The normalized spacial score (nSPS) is 10.4. The molecule has 19 heavy (non-hydrogen) atoms. The molecule has 2 heterocycles. The van der Waals surface area contributed by atoms with Crippen LogP contribution in [0.15, 0.2) is 17.9 Å². The molecule has 0 aliphatic heterocycles. The lowest BCUT2D eigenvalue weighted by Gasteiger charge is -2.06. The molecule has 0 saturated carbocycles. The lowest BCUT2D eigenvalue weighted by molar-refractivity contribution is 0.0521. The second-order valence-corrected chi connectivity index (χ2v) is 4.81. The van der Waals surface area contributed by atoms with Gasteiger partial charge < -0.3 is 10.1 Å². The van der Waals surface area contributed by atoms with Crippen LogP contribution in [0.25, 0.3) is 0 Å². The van der Waals surface area contributed by atoms with E-state index in [9.17, 15) is 4.79 Å². The van der Waals surface area contributed by atoms with Crippen molar-refractivity contribution in [3.8, 4) is 0 Å². The predicted molar refractivity (Wildman–Crippen MR) is 73.5 cm³/mol. The van der Waals surface area contributed by atoms with Gasteiger partial charge in [0.05, 0.1) is 24.9 Å². The number of nitrogens with zero attached hydrogens (tertiary/aromatic N) is 3. The minimum atomic E-state index is -0.388. The van der Waals surface area contributed by atoms with Gasteiger partial charge in [0.25, 0.3) is 0 Å². The first-order valence-corrected chi connectivity index (χ1v) is 6.92. The van der Waals surface area contributed by atoms with Crippen LogP contribution in [0.4, 0.5) is 5.00 Å². The van der Waals surface area contributed by atoms with Crippen molar-refractivity contribution in [1.29, 1.82) is 0 Å². The van der Waals surface area contributed by atoms with Gasteiger partial charge in [-0.3, -0.25) is 4.68 Å². The zero-order chi connectivity index (χ0) is 13.7. The van der Waals surface area contributed by atoms with Gasteiger partial charge in [-0.25, -0.2) is 9.78 Å². The zero-order valence-corrected chi connectivity index (χ0v) is 11.7. The Balaban J connectivity index is 1.89. The minimum absolute atomic E-state index is 0.350. The summed E-state index contributed by atoms with van der Waals surface area (Å²) in [5.41, 5.74) is 3.11. The van der Waals surface area contributed by atoms with Gasteiger partial charge in [0.15, 0.2) is 5.69 Å². The van der Waals surface area contributed by atoms with E-state index in [1.807, 2.05) is 24.0 Å². The number of aryl methyl sites for hydroxylation is 1. The molecule has 102 valence electrons. The fourth-order valence-electron chi connectivity index (χ4n) is 1.59. The molecule has 0 saturated heterocycles. The summed E-state index contributed by atoms with van der Waals surface area (Å²) >= 11 is 1.39. The van der Waals surface area contributed by atoms with Gasteiger partial charge in [-0.15, -0.1) is 11.3 Å². The minimum Gasteiger partial charge on any atom is -0.461 e. The molecule has 2 aromatic heterocycles. The Kier molecular flexibility index (Phi) is 4.51. The van der Waals surface area contributed by atoms with E-state index in [0.717, 1.165) is 17.1 Å². The first kappa shape index (κ1) is 13.5. The maximum absolute atomic E-state index is 11.6. The van der Waals surface area contributed by atoms with Gasteiger partial charge in [0.2, 0.25) is 0 Å². The van der Waals surface area contributed by atoms with Crippen molar-refractivity contribution >= 4 is 22.3 Å². The molecule has 0 amide bonds. The molecule has 0 atom stereocenters. The van der Waals surface area contributed by atoms with Crippen molar-refractivity contribution in [1.82, 2.24) is 14.8 Å². The van der Waals surface area contributed by atoms with Crippen LogP contribution in [0, 0.1) is 6.92 Å². The van der Waals surface area contributed by atoms with E-state index in [1.54, 1.807) is 12.4 Å². The van der Waals surface area contributed by atoms with Crippen molar-refractivity contribution in [3.63, 3.8) is 0 Å². The van der Waals surface area contributed by atoms with Crippen molar-refractivity contribution in [3.05, 3.63) is 29.2 Å². The highest BCUT2D eigenvalue weighted by atomic mass is 32.1. The average molecular weight is 280 g/mol. The van der Waals surface area contributed by atoms with Crippen LogP contribution in [0.5, 0.6) is 0 Å². The second-order valence-electron chi connectivity index (χ2n) is 3.96. The van der Waals surface area contributed by atoms with Crippen molar-refractivity contribution in [2.24, 2.45) is 0 Å². The summed E-state index contributed by atoms with van der Waals surface area (Å²) in [6.07, 6.45) is 3.79. The zero-order valence-electron chi connectivity index (χ0n) is 10.9. The summed E-state index contributed by atoms with van der Waals surface area (Å²) in [6.45, 7) is 5.53. The number of aromatic nitrogens is 3.